The molecule has 3 aliphatic carbocycles. The summed E-state index contributed by atoms with van der Waals surface area (Å²) in [7, 11) is 0. The predicted octanol–water partition coefficient (Wildman–Crippen LogP) is 17.0. The lowest BCUT2D eigenvalue weighted by Gasteiger charge is -2.31. The van der Waals surface area contributed by atoms with Crippen molar-refractivity contribution < 1.29 is 0 Å². The maximum Gasteiger partial charge on any atom is 0.0561 e. The minimum absolute atomic E-state index is 0.0866. The Morgan fingerprint density at radius 3 is 1.98 bits per heavy atom. The second kappa shape index (κ2) is 14.4. The Balaban J connectivity index is 1.06. The molecule has 0 amide bonds. The van der Waals surface area contributed by atoms with E-state index in [1.165, 1.54) is 97.2 Å². The monoisotopic (exact) mass is 822 g/mol. The van der Waals surface area contributed by atoms with Crippen LogP contribution in [-0.2, 0) is 5.41 Å². The van der Waals surface area contributed by atoms with Crippen LogP contribution in [0.25, 0.3) is 71.6 Å². The molecular weight excluding hydrogens is 773 g/mol. The van der Waals surface area contributed by atoms with Gasteiger partial charge in [0, 0.05) is 38.8 Å². The van der Waals surface area contributed by atoms with Gasteiger partial charge in [-0.25, -0.2) is 0 Å². The van der Waals surface area contributed by atoms with Crippen molar-refractivity contribution in [3.05, 3.63) is 217 Å². The van der Waals surface area contributed by atoms with Crippen LogP contribution >= 0.6 is 0 Å². The number of fused-ring (bicyclic) bond motifs is 9. The highest BCUT2D eigenvalue weighted by molar-refractivity contribution is 6.12. The molecule has 64 heavy (non-hydrogen) atoms. The number of aromatic nitrogens is 1. The molecule has 2 fully saturated rings. The van der Waals surface area contributed by atoms with Crippen molar-refractivity contribution in [3.63, 3.8) is 0 Å². The predicted molar refractivity (Wildman–Crippen MR) is 270 cm³/mol. The molecule has 0 aliphatic heterocycles. The van der Waals surface area contributed by atoms with E-state index >= 15 is 0 Å². The van der Waals surface area contributed by atoms with E-state index in [0.717, 1.165) is 34.6 Å². The maximum atomic E-state index is 2.54. The van der Waals surface area contributed by atoms with E-state index in [4.69, 9.17) is 0 Å². The minimum Gasteiger partial charge on any atom is -0.310 e. The van der Waals surface area contributed by atoms with Gasteiger partial charge in [0.1, 0.15) is 0 Å². The number of benzene rings is 9. The van der Waals surface area contributed by atoms with Crippen LogP contribution in [0, 0.1) is 11.8 Å². The molecule has 3 atom stereocenters. The molecule has 10 aromatic rings. The Morgan fingerprint density at radius 1 is 0.500 bits per heavy atom. The van der Waals surface area contributed by atoms with Crippen molar-refractivity contribution in [2.75, 3.05) is 4.90 Å². The number of para-hydroxylation sites is 3. The van der Waals surface area contributed by atoms with Crippen LogP contribution in [0.2, 0.25) is 0 Å². The average Bonchev–Trinajstić information content (AvgIpc) is 4.12. The molecule has 2 heteroatoms. The fourth-order valence-corrected chi connectivity index (χ4v) is 12.7. The molecule has 2 nitrogen and oxygen atoms in total. The van der Waals surface area contributed by atoms with Gasteiger partial charge in [-0.2, -0.15) is 0 Å². The van der Waals surface area contributed by atoms with Crippen LogP contribution in [0.1, 0.15) is 62.1 Å². The molecule has 0 radical (unpaired) electrons. The maximum absolute atomic E-state index is 2.54. The first-order valence-corrected chi connectivity index (χ1v) is 23.3. The molecule has 1 aromatic heterocycles. The lowest BCUT2D eigenvalue weighted by Crippen LogP contribution is -2.20. The molecule has 1 heterocycles. The number of hydrogen-bond acceptors (Lipinski definition) is 1. The lowest BCUT2D eigenvalue weighted by atomic mass is 9.74. The highest BCUT2D eigenvalue weighted by Crippen LogP contribution is 2.59. The van der Waals surface area contributed by atoms with Crippen molar-refractivity contribution in [2.24, 2.45) is 11.8 Å². The summed E-state index contributed by atoms with van der Waals surface area (Å²) in [5, 5.41) is 5.00. The molecule has 0 N–H and O–H groups in total. The highest BCUT2D eigenvalue weighted by Gasteiger charge is 2.45. The van der Waals surface area contributed by atoms with Crippen LogP contribution in [0.4, 0.5) is 17.1 Å². The van der Waals surface area contributed by atoms with E-state index in [2.05, 4.69) is 224 Å². The van der Waals surface area contributed by atoms with E-state index in [0.29, 0.717) is 5.92 Å². The highest BCUT2D eigenvalue weighted by atomic mass is 15.1. The third kappa shape index (κ3) is 5.64. The van der Waals surface area contributed by atoms with Crippen molar-refractivity contribution in [1.29, 1.82) is 0 Å². The van der Waals surface area contributed by atoms with Gasteiger partial charge in [-0.05, 0) is 141 Å². The first-order valence-electron chi connectivity index (χ1n) is 23.3. The van der Waals surface area contributed by atoms with Crippen molar-refractivity contribution >= 4 is 49.6 Å². The SMILES string of the molecule is CC1(C)c2ccc(N(c3ccc4c5ccccc5n(-c5ccccc5)c4c3)c3ccccc3-c3cccc4cccc(-c5ccccc5)c34)cc2-c2cccc(C3CC4CCC3C4)c21. The molecule has 2 bridgehead atoms. The molecule has 9 aromatic carbocycles. The Kier molecular flexibility index (Phi) is 8.44. The summed E-state index contributed by atoms with van der Waals surface area (Å²) in [4.78, 5) is 2.54. The number of nitrogens with zero attached hydrogens (tertiary/aromatic N) is 2. The fraction of sp³-hybridized carbons (Fsp3) is 0.161. The number of hydrogen-bond donors (Lipinski definition) is 0. The van der Waals surface area contributed by atoms with Gasteiger partial charge in [0.15, 0.2) is 0 Å². The summed E-state index contributed by atoms with van der Waals surface area (Å²) >= 11 is 0. The number of anilines is 3. The van der Waals surface area contributed by atoms with Crippen LogP contribution in [0.3, 0.4) is 0 Å². The molecule has 3 aliphatic rings. The first-order chi connectivity index (χ1) is 31.5. The Labute approximate surface area is 376 Å². The van der Waals surface area contributed by atoms with Gasteiger partial charge < -0.3 is 9.47 Å². The fourth-order valence-electron chi connectivity index (χ4n) is 12.7. The van der Waals surface area contributed by atoms with Crippen LogP contribution in [-0.4, -0.2) is 4.57 Å². The molecule has 2 saturated carbocycles. The van der Waals surface area contributed by atoms with E-state index in [1.54, 1.807) is 11.1 Å². The largest absolute Gasteiger partial charge is 0.310 e. The summed E-state index contributed by atoms with van der Waals surface area (Å²) in [6, 6.07) is 74.9. The Morgan fingerprint density at radius 2 is 1.17 bits per heavy atom. The zero-order valence-electron chi connectivity index (χ0n) is 36.5. The van der Waals surface area contributed by atoms with E-state index in [9.17, 15) is 0 Å². The molecule has 3 unspecified atom stereocenters. The quantitative estimate of drug-likeness (QED) is 0.155. The second-order valence-corrected chi connectivity index (χ2v) is 19.2. The molecule has 0 saturated heterocycles. The Bertz CT molecular complexity index is 3440. The van der Waals surface area contributed by atoms with Gasteiger partial charge in [-0.15, -0.1) is 0 Å². The van der Waals surface area contributed by atoms with Gasteiger partial charge in [0.2, 0.25) is 0 Å². The van der Waals surface area contributed by atoms with Crippen molar-refractivity contribution in [1.82, 2.24) is 4.57 Å². The summed E-state index contributed by atoms with van der Waals surface area (Å²) in [5.74, 6) is 2.41. The van der Waals surface area contributed by atoms with Gasteiger partial charge in [-0.1, -0.05) is 172 Å². The zero-order valence-corrected chi connectivity index (χ0v) is 36.5. The Hall–Kier alpha value is -7.16. The molecule has 13 rings (SSSR count). The molecular formula is C62H50N2. The first kappa shape index (κ1) is 37.4. The van der Waals surface area contributed by atoms with Crippen LogP contribution in [0.15, 0.2) is 200 Å². The minimum atomic E-state index is -0.0866. The van der Waals surface area contributed by atoms with Gasteiger partial charge >= 0.3 is 0 Å². The van der Waals surface area contributed by atoms with Gasteiger partial charge in [0.05, 0.1) is 16.7 Å². The van der Waals surface area contributed by atoms with E-state index in [1.807, 2.05) is 0 Å². The average molecular weight is 823 g/mol. The summed E-state index contributed by atoms with van der Waals surface area (Å²) in [6.45, 7) is 4.95. The van der Waals surface area contributed by atoms with Crippen LogP contribution in [0.5, 0.6) is 0 Å². The standard InChI is InChI=1S/C62H50N2/c1-62(2)56-35-33-45(38-55(56)53-27-15-26-52(61(53)62)54-37-40-30-31-43(54)36-40)63(46-32-34-50-48-22-9-12-29-58(48)64(59(50)39-46)44-20-7-4-8-21-44)57-28-11-10-23-49(57)51-25-14-19-42-18-13-24-47(60(42)51)41-16-5-3-6-17-41/h3-29,32-35,38-40,43,54H,30-31,36-37H2,1-2H3. The smallest absolute Gasteiger partial charge is 0.0561 e. The van der Waals surface area contributed by atoms with Crippen LogP contribution < -0.4 is 4.90 Å². The molecule has 308 valence electrons. The third-order valence-corrected chi connectivity index (χ3v) is 15.4. The van der Waals surface area contributed by atoms with E-state index in [-0.39, 0.29) is 5.41 Å². The number of rotatable bonds is 7. The third-order valence-electron chi connectivity index (χ3n) is 15.4. The summed E-state index contributed by atoms with van der Waals surface area (Å²) in [5.41, 5.74) is 19.1. The molecule has 0 spiro atoms. The van der Waals surface area contributed by atoms with Crippen molar-refractivity contribution in [3.8, 4) is 39.1 Å². The lowest BCUT2D eigenvalue weighted by molar-refractivity contribution is 0.415. The van der Waals surface area contributed by atoms with Gasteiger partial charge in [0.25, 0.3) is 0 Å². The van der Waals surface area contributed by atoms with Crippen molar-refractivity contribution in [2.45, 2.75) is 50.9 Å². The van der Waals surface area contributed by atoms with E-state index < -0.39 is 0 Å². The second-order valence-electron chi connectivity index (χ2n) is 19.2. The zero-order chi connectivity index (χ0) is 42.5. The summed E-state index contributed by atoms with van der Waals surface area (Å²) < 4.78 is 2.44. The normalized spacial score (nSPS) is 18.2. The topological polar surface area (TPSA) is 8.17 Å². The van der Waals surface area contributed by atoms with Gasteiger partial charge in [-0.3, -0.25) is 0 Å². The summed E-state index contributed by atoms with van der Waals surface area (Å²) in [6.07, 6.45) is 5.58.